The van der Waals surface area contributed by atoms with E-state index in [1.807, 2.05) is 26.2 Å². The zero-order valence-corrected chi connectivity index (χ0v) is 19.8. The molecule has 1 aromatic heterocycles. The molecule has 5 nitrogen and oxygen atoms in total. The minimum Gasteiger partial charge on any atom is -0.355 e. The third kappa shape index (κ3) is 6.42. The van der Waals surface area contributed by atoms with Gasteiger partial charge in [-0.2, -0.15) is 0 Å². The van der Waals surface area contributed by atoms with E-state index in [2.05, 4.69) is 50.1 Å². The predicted octanol–water partition coefficient (Wildman–Crippen LogP) is 3.88. The highest BCUT2D eigenvalue weighted by atomic mass is 19.1. The number of nitrogens with zero attached hydrogens (tertiary/aromatic N) is 3. The summed E-state index contributed by atoms with van der Waals surface area (Å²) >= 11 is 0. The number of halogens is 1. The molecule has 0 radical (unpaired) electrons. The molecule has 3 aromatic rings. The van der Waals surface area contributed by atoms with E-state index in [4.69, 9.17) is 0 Å². The van der Waals surface area contributed by atoms with Gasteiger partial charge in [-0.1, -0.05) is 24.3 Å². The first-order valence-corrected chi connectivity index (χ1v) is 12.0. The summed E-state index contributed by atoms with van der Waals surface area (Å²) in [4.78, 5) is 16.9. The molecule has 0 bridgehead atoms. The van der Waals surface area contributed by atoms with Gasteiger partial charge in [-0.3, -0.25) is 4.79 Å². The van der Waals surface area contributed by atoms with E-state index in [0.717, 1.165) is 51.0 Å². The maximum atomic E-state index is 13.1. The SMILES string of the molecule is CN(C)CCNC(=O)Cc1ccc2ccn(C3CCN(CCc4ccc(F)cc4)CC3)c2c1. The lowest BCUT2D eigenvalue weighted by Gasteiger charge is -2.33. The third-order valence-corrected chi connectivity index (χ3v) is 6.61. The van der Waals surface area contributed by atoms with Gasteiger partial charge in [0.2, 0.25) is 5.91 Å². The van der Waals surface area contributed by atoms with E-state index >= 15 is 0 Å². The van der Waals surface area contributed by atoms with Crippen molar-refractivity contribution in [2.45, 2.75) is 31.7 Å². The number of aromatic nitrogens is 1. The van der Waals surface area contributed by atoms with E-state index in [1.54, 1.807) is 12.1 Å². The van der Waals surface area contributed by atoms with Crippen LogP contribution >= 0.6 is 0 Å². The number of nitrogens with one attached hydrogen (secondary N) is 1. The average Bonchev–Trinajstić information content (AvgIpc) is 3.22. The average molecular weight is 451 g/mol. The van der Waals surface area contributed by atoms with Crippen LogP contribution < -0.4 is 5.32 Å². The van der Waals surface area contributed by atoms with Crippen LogP contribution in [-0.2, 0) is 17.6 Å². The normalized spacial score (nSPS) is 15.4. The van der Waals surface area contributed by atoms with Gasteiger partial charge in [0.1, 0.15) is 5.82 Å². The second-order valence-corrected chi connectivity index (χ2v) is 9.40. The Bertz CT molecular complexity index is 1050. The summed E-state index contributed by atoms with van der Waals surface area (Å²) in [6, 6.07) is 15.9. The lowest BCUT2D eigenvalue weighted by atomic mass is 10.0. The van der Waals surface area contributed by atoms with Crippen LogP contribution in [0.5, 0.6) is 0 Å². The fourth-order valence-electron chi connectivity index (χ4n) is 4.65. The van der Waals surface area contributed by atoms with Crippen LogP contribution in [0.3, 0.4) is 0 Å². The van der Waals surface area contributed by atoms with E-state index in [1.165, 1.54) is 16.5 Å². The first-order valence-electron chi connectivity index (χ1n) is 12.0. The van der Waals surface area contributed by atoms with Crippen LogP contribution in [0.4, 0.5) is 4.39 Å². The summed E-state index contributed by atoms with van der Waals surface area (Å²) in [5.41, 5.74) is 3.47. The van der Waals surface area contributed by atoms with Gasteiger partial charge < -0.3 is 19.7 Å². The number of hydrogen-bond donors (Lipinski definition) is 1. The third-order valence-electron chi connectivity index (χ3n) is 6.61. The van der Waals surface area contributed by atoms with Crippen LogP contribution in [0.2, 0.25) is 0 Å². The maximum absolute atomic E-state index is 13.1. The van der Waals surface area contributed by atoms with E-state index < -0.39 is 0 Å². The quantitative estimate of drug-likeness (QED) is 0.538. The van der Waals surface area contributed by atoms with Gasteiger partial charge in [0.15, 0.2) is 0 Å². The van der Waals surface area contributed by atoms with Crippen molar-refractivity contribution in [2.24, 2.45) is 0 Å². The van der Waals surface area contributed by atoms with Crippen molar-refractivity contribution in [1.82, 2.24) is 19.7 Å². The predicted molar refractivity (Wildman–Crippen MR) is 132 cm³/mol. The molecule has 1 N–H and O–H groups in total. The maximum Gasteiger partial charge on any atom is 0.224 e. The molecule has 0 saturated carbocycles. The van der Waals surface area contributed by atoms with Crippen molar-refractivity contribution in [3.8, 4) is 0 Å². The van der Waals surface area contributed by atoms with Crippen LogP contribution in [0, 0.1) is 5.82 Å². The van der Waals surface area contributed by atoms with Gasteiger partial charge >= 0.3 is 0 Å². The van der Waals surface area contributed by atoms with Crippen LogP contribution in [0.1, 0.15) is 30.0 Å². The van der Waals surface area contributed by atoms with Crippen LogP contribution in [0.25, 0.3) is 10.9 Å². The molecular weight excluding hydrogens is 415 g/mol. The van der Waals surface area contributed by atoms with Gasteiger partial charge in [0, 0.05) is 50.5 Å². The fraction of sp³-hybridized carbons (Fsp3) is 0.444. The fourth-order valence-corrected chi connectivity index (χ4v) is 4.65. The number of likely N-dealkylation sites (N-methyl/N-ethyl adjacent to an activating group) is 1. The van der Waals surface area contributed by atoms with Gasteiger partial charge in [0.25, 0.3) is 0 Å². The molecule has 1 saturated heterocycles. The summed E-state index contributed by atoms with van der Waals surface area (Å²) in [5, 5.41) is 4.23. The smallest absolute Gasteiger partial charge is 0.224 e. The molecule has 1 fully saturated rings. The first-order chi connectivity index (χ1) is 16.0. The number of hydrogen-bond acceptors (Lipinski definition) is 3. The van der Waals surface area contributed by atoms with Gasteiger partial charge in [-0.05, 0) is 74.1 Å². The Kier molecular flexibility index (Phi) is 7.78. The van der Waals surface area contributed by atoms with E-state index in [0.29, 0.717) is 19.0 Å². The second kappa shape index (κ2) is 10.9. The van der Waals surface area contributed by atoms with Crippen molar-refractivity contribution < 1.29 is 9.18 Å². The monoisotopic (exact) mass is 450 g/mol. The summed E-state index contributed by atoms with van der Waals surface area (Å²) in [7, 11) is 4.01. The van der Waals surface area contributed by atoms with Gasteiger partial charge in [-0.25, -0.2) is 4.39 Å². The highest BCUT2D eigenvalue weighted by Gasteiger charge is 2.21. The van der Waals surface area contributed by atoms with E-state index in [-0.39, 0.29) is 11.7 Å². The number of fused-ring (bicyclic) bond motifs is 1. The van der Waals surface area contributed by atoms with Crippen molar-refractivity contribution in [3.63, 3.8) is 0 Å². The Balaban J connectivity index is 1.32. The zero-order valence-electron chi connectivity index (χ0n) is 19.8. The highest BCUT2D eigenvalue weighted by molar-refractivity contribution is 5.84. The largest absolute Gasteiger partial charge is 0.355 e. The summed E-state index contributed by atoms with van der Waals surface area (Å²) in [6.45, 7) is 4.66. The van der Waals surface area contributed by atoms with Crippen molar-refractivity contribution >= 4 is 16.8 Å². The molecule has 2 heterocycles. The summed E-state index contributed by atoms with van der Waals surface area (Å²) < 4.78 is 15.5. The Labute approximate surface area is 196 Å². The molecule has 33 heavy (non-hydrogen) atoms. The molecule has 6 heteroatoms. The minimum absolute atomic E-state index is 0.0729. The number of likely N-dealkylation sites (tertiary alicyclic amines) is 1. The minimum atomic E-state index is -0.174. The lowest BCUT2D eigenvalue weighted by Crippen LogP contribution is -2.35. The topological polar surface area (TPSA) is 40.5 Å². The number of benzene rings is 2. The molecule has 1 amide bonds. The Morgan fingerprint density at radius 2 is 1.79 bits per heavy atom. The Morgan fingerprint density at radius 1 is 1.06 bits per heavy atom. The summed E-state index contributed by atoms with van der Waals surface area (Å²) in [5.74, 6) is -0.101. The second-order valence-electron chi connectivity index (χ2n) is 9.40. The summed E-state index contributed by atoms with van der Waals surface area (Å²) in [6.07, 6.45) is 5.79. The number of carbonyl (C=O) groups is 1. The molecule has 0 spiro atoms. The van der Waals surface area contributed by atoms with Crippen LogP contribution in [0.15, 0.2) is 54.7 Å². The molecular formula is C27H35FN4O. The molecule has 0 aliphatic carbocycles. The van der Waals surface area contributed by atoms with Gasteiger partial charge in [-0.15, -0.1) is 0 Å². The molecule has 4 rings (SSSR count). The van der Waals surface area contributed by atoms with Crippen molar-refractivity contribution in [1.29, 1.82) is 0 Å². The zero-order chi connectivity index (χ0) is 23.2. The van der Waals surface area contributed by atoms with Crippen LogP contribution in [-0.4, -0.2) is 67.1 Å². The standard InChI is InChI=1S/C27H35FN4O/c1-30(2)18-13-29-27(33)20-22-3-6-23-10-17-32(26(23)19-22)25-11-15-31(16-12-25)14-9-21-4-7-24(28)8-5-21/h3-8,10,17,19,25H,9,11-16,18,20H2,1-2H3,(H,29,33). The number of amides is 1. The van der Waals surface area contributed by atoms with Crippen molar-refractivity contribution in [2.75, 3.05) is 46.8 Å². The Morgan fingerprint density at radius 3 is 2.52 bits per heavy atom. The van der Waals surface area contributed by atoms with E-state index in [9.17, 15) is 9.18 Å². The number of carbonyl (C=O) groups excluding carboxylic acids is 1. The molecule has 2 aromatic carbocycles. The van der Waals surface area contributed by atoms with Gasteiger partial charge in [0.05, 0.1) is 6.42 Å². The molecule has 1 aliphatic heterocycles. The molecule has 1 aliphatic rings. The Hall–Kier alpha value is -2.70. The molecule has 0 atom stereocenters. The number of piperidine rings is 1. The molecule has 176 valence electrons. The highest BCUT2D eigenvalue weighted by Crippen LogP contribution is 2.28. The van der Waals surface area contributed by atoms with Crippen molar-refractivity contribution in [3.05, 3.63) is 71.7 Å². The first kappa shape index (κ1) is 23.5. The number of rotatable bonds is 9. The lowest BCUT2D eigenvalue weighted by molar-refractivity contribution is -0.120. The molecule has 0 unspecified atom stereocenters.